The molecule has 0 fully saturated rings. The molecule has 0 heterocycles. The predicted octanol–water partition coefficient (Wildman–Crippen LogP) is -0.267. The summed E-state index contributed by atoms with van der Waals surface area (Å²) in [6.45, 7) is 0.568. The van der Waals surface area contributed by atoms with E-state index in [0.29, 0.717) is 18.0 Å². The number of anilines is 1. The molecule has 1 rings (SSSR count). The van der Waals surface area contributed by atoms with Crippen LogP contribution in [-0.2, 0) is 9.59 Å². The predicted molar refractivity (Wildman–Crippen MR) is 68.5 cm³/mol. The van der Waals surface area contributed by atoms with E-state index >= 15 is 0 Å². The minimum Gasteiger partial charge on any atom is -0.497 e. The summed E-state index contributed by atoms with van der Waals surface area (Å²) in [7, 11) is 3.06. The fraction of sp³-hybridized carbons (Fsp3) is 0.333. The summed E-state index contributed by atoms with van der Waals surface area (Å²) in [5.74, 6) is -0.697. The molecular weight excluding hydrogens is 234 g/mol. The largest absolute Gasteiger partial charge is 0.497 e. The number of hydrogen-bond acceptors (Lipinski definition) is 4. The summed E-state index contributed by atoms with van der Waals surface area (Å²) in [5, 5.41) is 2.42. The maximum atomic E-state index is 11.8. The smallest absolute Gasteiger partial charge is 0.316 e. The maximum Gasteiger partial charge on any atom is 0.316 e. The van der Waals surface area contributed by atoms with Gasteiger partial charge in [0.15, 0.2) is 0 Å². The first-order chi connectivity index (χ1) is 8.60. The number of carbonyl (C=O) groups is 2. The molecule has 0 spiro atoms. The second-order valence-electron chi connectivity index (χ2n) is 3.61. The molecule has 0 saturated carbocycles. The van der Waals surface area contributed by atoms with Crippen LogP contribution in [0.25, 0.3) is 0 Å². The SMILES string of the molecule is COc1cccc(N(C)C(=O)C(=O)NCCN)c1. The van der Waals surface area contributed by atoms with E-state index in [1.54, 1.807) is 24.3 Å². The summed E-state index contributed by atoms with van der Waals surface area (Å²) in [6, 6.07) is 6.90. The van der Waals surface area contributed by atoms with Crippen molar-refractivity contribution < 1.29 is 14.3 Å². The standard InChI is InChI=1S/C12H17N3O3/c1-15(12(17)11(16)14-7-6-13)9-4-3-5-10(8-9)18-2/h3-5,8H,6-7,13H2,1-2H3,(H,14,16). The van der Waals surface area contributed by atoms with Crippen molar-refractivity contribution in [3.8, 4) is 5.75 Å². The highest BCUT2D eigenvalue weighted by Gasteiger charge is 2.19. The quantitative estimate of drug-likeness (QED) is 0.722. The van der Waals surface area contributed by atoms with E-state index in [-0.39, 0.29) is 6.54 Å². The second kappa shape index (κ2) is 6.61. The van der Waals surface area contributed by atoms with Crippen LogP contribution >= 0.6 is 0 Å². The maximum absolute atomic E-state index is 11.8. The molecule has 0 bridgehead atoms. The van der Waals surface area contributed by atoms with Gasteiger partial charge >= 0.3 is 11.8 Å². The third-order valence-corrected chi connectivity index (χ3v) is 2.37. The van der Waals surface area contributed by atoms with Crippen molar-refractivity contribution in [1.29, 1.82) is 0 Å². The molecule has 0 aromatic heterocycles. The van der Waals surface area contributed by atoms with Gasteiger partial charge < -0.3 is 20.7 Å². The van der Waals surface area contributed by atoms with Crippen LogP contribution in [0.3, 0.4) is 0 Å². The van der Waals surface area contributed by atoms with Crippen molar-refractivity contribution in [2.45, 2.75) is 0 Å². The Balaban J connectivity index is 2.76. The second-order valence-corrected chi connectivity index (χ2v) is 3.61. The molecule has 0 radical (unpaired) electrons. The summed E-state index contributed by atoms with van der Waals surface area (Å²) < 4.78 is 5.06. The number of rotatable bonds is 4. The number of nitrogens with two attached hydrogens (primary N) is 1. The van der Waals surface area contributed by atoms with Gasteiger partial charge in [-0.05, 0) is 12.1 Å². The van der Waals surface area contributed by atoms with Gasteiger partial charge in [-0.2, -0.15) is 0 Å². The van der Waals surface area contributed by atoms with Crippen molar-refractivity contribution in [1.82, 2.24) is 5.32 Å². The van der Waals surface area contributed by atoms with Crippen LogP contribution < -0.4 is 20.7 Å². The zero-order chi connectivity index (χ0) is 13.5. The molecule has 18 heavy (non-hydrogen) atoms. The lowest BCUT2D eigenvalue weighted by Crippen LogP contribution is -2.42. The number of nitrogens with zero attached hydrogens (tertiary/aromatic N) is 1. The molecule has 0 saturated heterocycles. The normalized spacial score (nSPS) is 9.72. The molecule has 2 amide bonds. The van der Waals surface area contributed by atoms with Gasteiger partial charge in [-0.3, -0.25) is 9.59 Å². The van der Waals surface area contributed by atoms with Crippen molar-refractivity contribution in [3.05, 3.63) is 24.3 Å². The fourth-order valence-corrected chi connectivity index (χ4v) is 1.35. The molecule has 1 aromatic rings. The summed E-state index contributed by atoms with van der Waals surface area (Å²) >= 11 is 0. The highest BCUT2D eigenvalue weighted by Crippen LogP contribution is 2.19. The molecule has 6 heteroatoms. The molecule has 0 aliphatic rings. The Bertz CT molecular complexity index is 434. The Labute approximate surface area is 106 Å². The molecule has 0 atom stereocenters. The topological polar surface area (TPSA) is 84.7 Å². The number of nitrogens with one attached hydrogen (secondary N) is 1. The first-order valence-electron chi connectivity index (χ1n) is 5.50. The third-order valence-electron chi connectivity index (χ3n) is 2.37. The van der Waals surface area contributed by atoms with Gasteiger partial charge in [0.05, 0.1) is 7.11 Å². The van der Waals surface area contributed by atoms with Crippen LogP contribution in [0.1, 0.15) is 0 Å². The number of benzene rings is 1. The first-order valence-corrected chi connectivity index (χ1v) is 5.50. The van der Waals surface area contributed by atoms with Crippen molar-refractivity contribution in [3.63, 3.8) is 0 Å². The monoisotopic (exact) mass is 251 g/mol. The van der Waals surface area contributed by atoms with Crippen LogP contribution in [-0.4, -0.2) is 39.1 Å². The van der Waals surface area contributed by atoms with E-state index in [0.717, 1.165) is 0 Å². The van der Waals surface area contributed by atoms with Gasteiger partial charge in [-0.1, -0.05) is 6.07 Å². The van der Waals surface area contributed by atoms with Crippen LogP contribution in [0, 0.1) is 0 Å². The number of methoxy groups -OCH3 is 1. The zero-order valence-corrected chi connectivity index (χ0v) is 10.5. The number of carbonyl (C=O) groups excluding carboxylic acids is 2. The van der Waals surface area contributed by atoms with Crippen molar-refractivity contribution in [2.24, 2.45) is 5.73 Å². The van der Waals surface area contributed by atoms with Crippen molar-refractivity contribution in [2.75, 3.05) is 32.1 Å². The van der Waals surface area contributed by atoms with Gasteiger partial charge in [0, 0.05) is 31.9 Å². The van der Waals surface area contributed by atoms with E-state index in [4.69, 9.17) is 10.5 Å². The van der Waals surface area contributed by atoms with E-state index in [9.17, 15) is 9.59 Å². The highest BCUT2D eigenvalue weighted by molar-refractivity contribution is 6.40. The first kappa shape index (κ1) is 14.0. The van der Waals surface area contributed by atoms with E-state index in [2.05, 4.69) is 5.32 Å². The van der Waals surface area contributed by atoms with Crippen molar-refractivity contribution >= 4 is 17.5 Å². The Morgan fingerprint density at radius 1 is 1.44 bits per heavy atom. The van der Waals surface area contributed by atoms with Gasteiger partial charge in [0.2, 0.25) is 0 Å². The van der Waals surface area contributed by atoms with E-state index in [1.807, 2.05) is 0 Å². The van der Waals surface area contributed by atoms with Gasteiger partial charge in [-0.15, -0.1) is 0 Å². The molecule has 0 aliphatic carbocycles. The minimum absolute atomic E-state index is 0.274. The lowest BCUT2D eigenvalue weighted by molar-refractivity contribution is -0.137. The number of likely N-dealkylation sites (N-methyl/N-ethyl adjacent to an activating group) is 1. The lowest BCUT2D eigenvalue weighted by Gasteiger charge is -2.17. The molecular formula is C12H17N3O3. The molecule has 6 nitrogen and oxygen atoms in total. The van der Waals surface area contributed by atoms with Gasteiger partial charge in [-0.25, -0.2) is 0 Å². The molecule has 98 valence electrons. The number of ether oxygens (including phenoxy) is 1. The summed E-state index contributed by atoms with van der Waals surface area (Å²) in [5.41, 5.74) is 5.83. The van der Waals surface area contributed by atoms with Crippen LogP contribution in [0.2, 0.25) is 0 Å². The molecule has 0 unspecified atom stereocenters. The average Bonchev–Trinajstić information content (AvgIpc) is 2.43. The lowest BCUT2D eigenvalue weighted by atomic mass is 10.2. The molecule has 1 aromatic carbocycles. The molecule has 0 aliphatic heterocycles. The van der Waals surface area contributed by atoms with Crippen LogP contribution in [0.5, 0.6) is 5.75 Å². The fourth-order valence-electron chi connectivity index (χ4n) is 1.35. The Hall–Kier alpha value is -2.08. The van der Waals surface area contributed by atoms with E-state index in [1.165, 1.54) is 19.1 Å². The Morgan fingerprint density at radius 3 is 2.78 bits per heavy atom. The van der Waals surface area contributed by atoms with Gasteiger partial charge in [0.25, 0.3) is 0 Å². The summed E-state index contributed by atoms with van der Waals surface area (Å²) in [4.78, 5) is 24.5. The number of hydrogen-bond donors (Lipinski definition) is 2. The van der Waals surface area contributed by atoms with E-state index < -0.39 is 11.8 Å². The minimum atomic E-state index is -0.675. The van der Waals surface area contributed by atoms with Crippen LogP contribution in [0.4, 0.5) is 5.69 Å². The van der Waals surface area contributed by atoms with Crippen LogP contribution in [0.15, 0.2) is 24.3 Å². The number of amides is 2. The average molecular weight is 251 g/mol. The summed E-state index contributed by atoms with van der Waals surface area (Å²) in [6.07, 6.45) is 0. The molecule has 3 N–H and O–H groups in total. The van der Waals surface area contributed by atoms with Gasteiger partial charge in [0.1, 0.15) is 5.75 Å². The Kier molecular flexibility index (Phi) is 5.13. The zero-order valence-electron chi connectivity index (χ0n) is 10.5. The highest BCUT2D eigenvalue weighted by atomic mass is 16.5. The Morgan fingerprint density at radius 2 is 2.17 bits per heavy atom. The third kappa shape index (κ3) is 3.46.